The number of hydrogen-bond donors (Lipinski definition) is 0. The minimum atomic E-state index is -0.185. The van der Waals surface area contributed by atoms with Gasteiger partial charge < -0.3 is 14.1 Å². The number of fused-ring (bicyclic) bond motifs is 1. The first-order valence-corrected chi connectivity index (χ1v) is 12.2. The van der Waals surface area contributed by atoms with Crippen molar-refractivity contribution in [2.24, 2.45) is 5.92 Å². The van der Waals surface area contributed by atoms with Crippen LogP contribution in [0.4, 0.5) is 0 Å². The molecule has 2 heterocycles. The largest absolute Gasteiger partial charge is 0.485 e. The normalized spacial score (nSPS) is 21.5. The van der Waals surface area contributed by atoms with Crippen LogP contribution >= 0.6 is 0 Å². The highest BCUT2D eigenvalue weighted by Crippen LogP contribution is 2.36. The number of ether oxygens (including phenoxy) is 1. The predicted octanol–water partition coefficient (Wildman–Crippen LogP) is 6.30. The molecule has 1 saturated carbocycles. The smallest absolute Gasteiger partial charge is 0.339 e. The van der Waals surface area contributed by atoms with Crippen LogP contribution in [0, 0.1) is 5.92 Å². The van der Waals surface area contributed by atoms with E-state index in [-0.39, 0.29) is 11.7 Å². The van der Waals surface area contributed by atoms with E-state index in [4.69, 9.17) is 9.15 Å². The molecule has 2 atom stereocenters. The van der Waals surface area contributed by atoms with E-state index in [2.05, 4.69) is 36.2 Å². The first-order chi connectivity index (χ1) is 15.7. The SMILES string of the molecule is CN1CCCC(C(Oc2ccc3cc(C4CCCCC4)c(=O)oc3c2)c2ccccc2)C1. The molecule has 1 aliphatic carbocycles. The number of likely N-dealkylation sites (tertiary alicyclic amines) is 1. The van der Waals surface area contributed by atoms with Crippen molar-refractivity contribution in [3.63, 3.8) is 0 Å². The van der Waals surface area contributed by atoms with Gasteiger partial charge in [-0.3, -0.25) is 0 Å². The lowest BCUT2D eigenvalue weighted by Crippen LogP contribution is -2.36. The number of rotatable bonds is 5. The topological polar surface area (TPSA) is 42.7 Å². The van der Waals surface area contributed by atoms with E-state index in [1.807, 2.05) is 30.3 Å². The summed E-state index contributed by atoms with van der Waals surface area (Å²) in [5.41, 5.74) is 2.47. The van der Waals surface area contributed by atoms with E-state index in [1.54, 1.807) is 0 Å². The van der Waals surface area contributed by atoms with Crippen LogP contribution in [0.25, 0.3) is 11.0 Å². The first-order valence-electron chi connectivity index (χ1n) is 12.2. The van der Waals surface area contributed by atoms with Crippen LogP contribution in [0.3, 0.4) is 0 Å². The second-order valence-corrected chi connectivity index (χ2v) is 9.64. The Labute approximate surface area is 190 Å². The van der Waals surface area contributed by atoms with Crippen LogP contribution in [-0.2, 0) is 0 Å². The molecule has 0 radical (unpaired) electrons. The van der Waals surface area contributed by atoms with Crippen molar-refractivity contribution in [3.05, 3.63) is 76.1 Å². The van der Waals surface area contributed by atoms with Crippen LogP contribution in [-0.4, -0.2) is 25.0 Å². The van der Waals surface area contributed by atoms with Crippen molar-refractivity contribution in [1.29, 1.82) is 0 Å². The Balaban J connectivity index is 1.44. The molecule has 1 aliphatic heterocycles. The second-order valence-electron chi connectivity index (χ2n) is 9.64. The van der Waals surface area contributed by atoms with Gasteiger partial charge in [0.15, 0.2) is 0 Å². The third kappa shape index (κ3) is 4.61. The zero-order valence-electron chi connectivity index (χ0n) is 19.0. The molecular formula is C28H33NO3. The second kappa shape index (κ2) is 9.50. The summed E-state index contributed by atoms with van der Waals surface area (Å²) >= 11 is 0. The average Bonchev–Trinajstić information content (AvgIpc) is 2.83. The van der Waals surface area contributed by atoms with Gasteiger partial charge in [0, 0.05) is 29.5 Å². The molecular weight excluding hydrogens is 398 g/mol. The van der Waals surface area contributed by atoms with Gasteiger partial charge in [-0.25, -0.2) is 4.79 Å². The molecule has 2 fully saturated rings. The molecule has 1 aromatic heterocycles. The molecule has 0 spiro atoms. The Morgan fingerprint density at radius 2 is 1.78 bits per heavy atom. The fourth-order valence-corrected chi connectivity index (χ4v) is 5.56. The Kier molecular flexibility index (Phi) is 6.31. The van der Waals surface area contributed by atoms with E-state index < -0.39 is 0 Å². The first kappa shape index (κ1) is 21.3. The number of hydrogen-bond acceptors (Lipinski definition) is 4. The fraction of sp³-hybridized carbons (Fsp3) is 0.464. The van der Waals surface area contributed by atoms with Gasteiger partial charge in [0.2, 0.25) is 0 Å². The van der Waals surface area contributed by atoms with Gasteiger partial charge in [-0.2, -0.15) is 0 Å². The van der Waals surface area contributed by atoms with Crippen molar-refractivity contribution in [2.75, 3.05) is 20.1 Å². The van der Waals surface area contributed by atoms with E-state index in [0.29, 0.717) is 17.4 Å². The number of piperidine rings is 1. The molecule has 3 aromatic rings. The van der Waals surface area contributed by atoms with Crippen molar-refractivity contribution in [1.82, 2.24) is 4.90 Å². The van der Waals surface area contributed by atoms with Gasteiger partial charge in [-0.1, -0.05) is 49.6 Å². The maximum atomic E-state index is 12.8. The molecule has 0 bridgehead atoms. The predicted molar refractivity (Wildman–Crippen MR) is 128 cm³/mol. The molecule has 4 heteroatoms. The summed E-state index contributed by atoms with van der Waals surface area (Å²) in [6.45, 7) is 2.16. The summed E-state index contributed by atoms with van der Waals surface area (Å²) in [7, 11) is 2.18. The van der Waals surface area contributed by atoms with Crippen LogP contribution in [0.5, 0.6) is 5.75 Å². The molecule has 2 aromatic carbocycles. The average molecular weight is 432 g/mol. The maximum absolute atomic E-state index is 12.8. The molecule has 5 rings (SSSR count). The summed E-state index contributed by atoms with van der Waals surface area (Å²) in [6.07, 6.45) is 8.16. The summed E-state index contributed by atoms with van der Waals surface area (Å²) in [6, 6.07) is 18.5. The van der Waals surface area contributed by atoms with Gasteiger partial charge in [0.1, 0.15) is 17.4 Å². The maximum Gasteiger partial charge on any atom is 0.339 e. The van der Waals surface area contributed by atoms with Gasteiger partial charge >= 0.3 is 5.63 Å². The lowest BCUT2D eigenvalue weighted by Gasteiger charge is -2.35. The highest BCUT2D eigenvalue weighted by Gasteiger charge is 2.29. The molecule has 2 aliphatic rings. The summed E-state index contributed by atoms with van der Waals surface area (Å²) in [5, 5.41) is 0.978. The molecule has 0 amide bonds. The van der Waals surface area contributed by atoms with E-state index in [1.165, 1.54) is 31.2 Å². The van der Waals surface area contributed by atoms with Gasteiger partial charge in [0.05, 0.1) is 0 Å². The Morgan fingerprint density at radius 3 is 2.56 bits per heavy atom. The van der Waals surface area contributed by atoms with Crippen LogP contribution in [0.1, 0.15) is 68.1 Å². The summed E-state index contributed by atoms with van der Waals surface area (Å²) in [5.74, 6) is 1.52. The van der Waals surface area contributed by atoms with Gasteiger partial charge in [-0.05, 0) is 69.0 Å². The van der Waals surface area contributed by atoms with Crippen molar-refractivity contribution in [3.8, 4) is 5.75 Å². The highest BCUT2D eigenvalue weighted by molar-refractivity contribution is 5.78. The Hall–Kier alpha value is -2.59. The minimum absolute atomic E-state index is 0.0235. The monoisotopic (exact) mass is 431 g/mol. The zero-order valence-corrected chi connectivity index (χ0v) is 19.0. The van der Waals surface area contributed by atoms with E-state index in [9.17, 15) is 4.79 Å². The number of nitrogens with zero attached hydrogens (tertiary/aromatic N) is 1. The standard InChI is InChI=1S/C28H33NO3/c1-29-16-8-13-23(19-29)27(21-11-6-3-7-12-21)31-24-15-14-22-17-25(20-9-4-2-5-10-20)28(30)32-26(22)18-24/h3,6-7,11-12,14-15,17-18,20,23,27H,2,4-5,8-10,13,16,19H2,1H3. The van der Waals surface area contributed by atoms with E-state index >= 15 is 0 Å². The van der Waals surface area contributed by atoms with Crippen molar-refractivity contribution >= 4 is 11.0 Å². The zero-order chi connectivity index (χ0) is 21.9. The molecule has 4 nitrogen and oxygen atoms in total. The van der Waals surface area contributed by atoms with Gasteiger partial charge in [-0.15, -0.1) is 0 Å². The number of benzene rings is 2. The summed E-state index contributed by atoms with van der Waals surface area (Å²) in [4.78, 5) is 15.1. The lowest BCUT2D eigenvalue weighted by molar-refractivity contribution is 0.0777. The molecule has 168 valence electrons. The molecule has 0 N–H and O–H groups in total. The highest BCUT2D eigenvalue weighted by atomic mass is 16.5. The van der Waals surface area contributed by atoms with Crippen LogP contribution < -0.4 is 10.4 Å². The van der Waals surface area contributed by atoms with Gasteiger partial charge in [0.25, 0.3) is 0 Å². The van der Waals surface area contributed by atoms with E-state index in [0.717, 1.165) is 49.1 Å². The van der Waals surface area contributed by atoms with Crippen LogP contribution in [0.2, 0.25) is 0 Å². The third-order valence-corrected chi connectivity index (χ3v) is 7.26. The fourth-order valence-electron chi connectivity index (χ4n) is 5.56. The Bertz CT molecular complexity index is 1100. The molecule has 2 unspecified atom stereocenters. The Morgan fingerprint density at radius 1 is 0.969 bits per heavy atom. The molecule has 32 heavy (non-hydrogen) atoms. The lowest BCUT2D eigenvalue weighted by atomic mass is 9.84. The molecule has 1 saturated heterocycles. The van der Waals surface area contributed by atoms with Crippen molar-refractivity contribution < 1.29 is 9.15 Å². The summed E-state index contributed by atoms with van der Waals surface area (Å²) < 4.78 is 12.4. The van der Waals surface area contributed by atoms with Crippen LogP contribution in [0.15, 0.2) is 63.8 Å². The minimum Gasteiger partial charge on any atom is -0.485 e. The third-order valence-electron chi connectivity index (χ3n) is 7.26. The quantitative estimate of drug-likeness (QED) is 0.445. The van der Waals surface area contributed by atoms with Crippen molar-refractivity contribution in [2.45, 2.75) is 57.0 Å².